The lowest BCUT2D eigenvalue weighted by Crippen LogP contribution is -2.46. The molecule has 1 saturated carbocycles. The van der Waals surface area contributed by atoms with Crippen molar-refractivity contribution in [2.24, 2.45) is 5.73 Å². The molecule has 132 valence electrons. The first kappa shape index (κ1) is 16.7. The molecule has 0 saturated heterocycles. The average molecular weight is 369 g/mol. The predicted octanol–water partition coefficient (Wildman–Crippen LogP) is 3.18. The summed E-state index contributed by atoms with van der Waals surface area (Å²) in [6, 6.07) is 8.54. The van der Waals surface area contributed by atoms with Crippen molar-refractivity contribution in [1.29, 1.82) is 0 Å². The van der Waals surface area contributed by atoms with E-state index in [2.05, 4.69) is 25.3 Å². The zero-order valence-electron chi connectivity index (χ0n) is 13.9. The zero-order chi connectivity index (χ0) is 18.1. The number of fused-ring (bicyclic) bond motifs is 1. The van der Waals surface area contributed by atoms with E-state index in [0.717, 1.165) is 31.4 Å². The monoisotopic (exact) mass is 368 g/mol. The lowest BCUT2D eigenvalue weighted by atomic mass is 9.92. The molecule has 3 aromatic rings. The molecule has 8 heteroatoms. The topological polar surface area (TPSA) is 107 Å². The molecule has 0 aromatic carbocycles. The second kappa shape index (κ2) is 6.49. The van der Waals surface area contributed by atoms with Crippen molar-refractivity contribution >= 4 is 28.8 Å². The van der Waals surface area contributed by atoms with Crippen molar-refractivity contribution < 1.29 is 4.79 Å². The van der Waals surface area contributed by atoms with Gasteiger partial charge in [0.2, 0.25) is 0 Å². The van der Waals surface area contributed by atoms with Gasteiger partial charge in [-0.3, -0.25) is 4.98 Å². The average Bonchev–Trinajstić information content (AvgIpc) is 3.09. The normalized spacial score (nSPS) is 15.9. The first-order valence-electron chi connectivity index (χ1n) is 8.41. The van der Waals surface area contributed by atoms with Crippen molar-refractivity contribution in [3.8, 4) is 11.4 Å². The summed E-state index contributed by atoms with van der Waals surface area (Å²) in [6.07, 6.45) is 5.28. The third-order valence-electron chi connectivity index (χ3n) is 4.69. The summed E-state index contributed by atoms with van der Waals surface area (Å²) >= 11 is 5.96. The van der Waals surface area contributed by atoms with Crippen LogP contribution in [-0.4, -0.2) is 26.0 Å². The van der Waals surface area contributed by atoms with Crippen LogP contribution in [0.4, 0.5) is 4.79 Å². The molecule has 1 aliphatic rings. The van der Waals surface area contributed by atoms with Gasteiger partial charge in [-0.25, -0.2) is 19.7 Å². The van der Waals surface area contributed by atoms with Crippen LogP contribution >= 0.6 is 11.6 Å². The van der Waals surface area contributed by atoms with Gasteiger partial charge >= 0.3 is 6.03 Å². The molecule has 3 heterocycles. The van der Waals surface area contributed by atoms with E-state index >= 15 is 0 Å². The Kier molecular flexibility index (Phi) is 4.16. The highest BCUT2D eigenvalue weighted by Crippen LogP contribution is 2.38. The van der Waals surface area contributed by atoms with Crippen LogP contribution in [-0.2, 0) is 5.54 Å². The van der Waals surface area contributed by atoms with Crippen LogP contribution in [0.1, 0.15) is 31.4 Å². The molecule has 0 bridgehead atoms. The largest absolute Gasteiger partial charge is 0.352 e. The number of amides is 2. The molecular weight excluding hydrogens is 352 g/mol. The van der Waals surface area contributed by atoms with Crippen LogP contribution in [0.3, 0.4) is 0 Å². The van der Waals surface area contributed by atoms with Gasteiger partial charge in [0.25, 0.3) is 0 Å². The maximum atomic E-state index is 11.5. The van der Waals surface area contributed by atoms with Crippen molar-refractivity contribution in [2.75, 3.05) is 0 Å². The fourth-order valence-electron chi connectivity index (χ4n) is 3.50. The van der Waals surface area contributed by atoms with Crippen LogP contribution in [0.5, 0.6) is 0 Å². The molecule has 0 atom stereocenters. The number of carbonyl (C=O) groups is 1. The Hall–Kier alpha value is -2.80. The number of nitrogens with zero attached hydrogens (tertiary/aromatic N) is 4. The Bertz CT molecular complexity index is 986. The minimum atomic E-state index is -0.545. The highest BCUT2D eigenvalue weighted by Gasteiger charge is 2.38. The maximum absolute atomic E-state index is 11.5. The first-order chi connectivity index (χ1) is 12.6. The number of primary amides is 1. The van der Waals surface area contributed by atoms with E-state index in [9.17, 15) is 4.79 Å². The zero-order valence-corrected chi connectivity index (χ0v) is 14.7. The quantitative estimate of drug-likeness (QED) is 0.690. The summed E-state index contributed by atoms with van der Waals surface area (Å²) in [5.41, 5.74) is 8.01. The molecule has 26 heavy (non-hydrogen) atoms. The molecule has 3 N–H and O–H groups in total. The van der Waals surface area contributed by atoms with E-state index in [4.69, 9.17) is 17.3 Å². The Morgan fingerprint density at radius 1 is 1.08 bits per heavy atom. The molecule has 0 aliphatic heterocycles. The number of hydrogen-bond donors (Lipinski definition) is 2. The van der Waals surface area contributed by atoms with Gasteiger partial charge in [-0.1, -0.05) is 30.5 Å². The van der Waals surface area contributed by atoms with E-state index in [1.54, 1.807) is 12.3 Å². The number of carbonyl (C=O) groups excluding carboxylic acids is 1. The molecule has 0 radical (unpaired) electrons. The van der Waals surface area contributed by atoms with Crippen LogP contribution in [0, 0.1) is 0 Å². The minimum Gasteiger partial charge on any atom is -0.352 e. The SMILES string of the molecule is NC(=O)NC1(c2ccc3ncc(-c4cccc(Cl)n4)nc3n2)CCCC1. The van der Waals surface area contributed by atoms with Gasteiger partial charge in [0.1, 0.15) is 16.4 Å². The Balaban J connectivity index is 1.79. The highest BCUT2D eigenvalue weighted by atomic mass is 35.5. The number of hydrogen-bond acceptors (Lipinski definition) is 5. The summed E-state index contributed by atoms with van der Waals surface area (Å²) in [6.45, 7) is 0. The Morgan fingerprint density at radius 2 is 1.88 bits per heavy atom. The van der Waals surface area contributed by atoms with Gasteiger partial charge in [-0.05, 0) is 37.1 Å². The Labute approximate surface area is 155 Å². The minimum absolute atomic E-state index is 0.390. The second-order valence-corrected chi connectivity index (χ2v) is 6.81. The molecule has 1 fully saturated rings. The number of aromatic nitrogens is 4. The summed E-state index contributed by atoms with van der Waals surface area (Å²) in [5, 5.41) is 3.28. The third-order valence-corrected chi connectivity index (χ3v) is 4.90. The van der Waals surface area contributed by atoms with Crippen molar-refractivity contribution in [3.05, 3.63) is 47.4 Å². The van der Waals surface area contributed by atoms with Gasteiger partial charge in [0.05, 0.1) is 23.1 Å². The van der Waals surface area contributed by atoms with Gasteiger partial charge in [0, 0.05) is 0 Å². The molecule has 1 aliphatic carbocycles. The number of nitrogens with two attached hydrogens (primary N) is 1. The number of pyridine rings is 2. The molecule has 7 nitrogen and oxygen atoms in total. The van der Waals surface area contributed by atoms with Crippen molar-refractivity contribution in [2.45, 2.75) is 31.2 Å². The third kappa shape index (κ3) is 3.06. The van der Waals surface area contributed by atoms with Gasteiger partial charge in [0.15, 0.2) is 5.65 Å². The summed E-state index contributed by atoms with van der Waals surface area (Å²) in [7, 11) is 0. The molecule has 4 rings (SSSR count). The molecule has 2 amide bonds. The smallest absolute Gasteiger partial charge is 0.312 e. The fourth-order valence-corrected chi connectivity index (χ4v) is 3.66. The second-order valence-electron chi connectivity index (χ2n) is 6.42. The summed E-state index contributed by atoms with van der Waals surface area (Å²) in [4.78, 5) is 29.5. The predicted molar refractivity (Wildman–Crippen MR) is 98.4 cm³/mol. The van der Waals surface area contributed by atoms with E-state index in [0.29, 0.717) is 27.7 Å². The number of nitrogens with one attached hydrogen (secondary N) is 1. The number of rotatable bonds is 3. The summed E-state index contributed by atoms with van der Waals surface area (Å²) < 4.78 is 0. The fraction of sp³-hybridized carbons (Fsp3) is 0.278. The molecule has 0 unspecified atom stereocenters. The van der Waals surface area contributed by atoms with Crippen LogP contribution < -0.4 is 11.1 Å². The molecular formula is C18H17ClN6O. The van der Waals surface area contributed by atoms with E-state index in [1.165, 1.54) is 0 Å². The lowest BCUT2D eigenvalue weighted by Gasteiger charge is -2.28. The van der Waals surface area contributed by atoms with Gasteiger partial charge in [-0.15, -0.1) is 0 Å². The maximum Gasteiger partial charge on any atom is 0.312 e. The van der Waals surface area contributed by atoms with E-state index in [-0.39, 0.29) is 0 Å². The Morgan fingerprint density at radius 3 is 2.62 bits per heavy atom. The summed E-state index contributed by atoms with van der Waals surface area (Å²) in [5.74, 6) is 0. The number of halogens is 1. The standard InChI is InChI=1S/C18H17ClN6O/c19-15-5-3-4-11(22-15)13-10-21-12-6-7-14(24-16(12)23-13)18(25-17(20)26)8-1-2-9-18/h3-7,10H,1-2,8-9H2,(H3,20,25,26). The van der Waals surface area contributed by atoms with Crippen molar-refractivity contribution in [1.82, 2.24) is 25.3 Å². The molecule has 3 aromatic heterocycles. The first-order valence-corrected chi connectivity index (χ1v) is 8.78. The molecule has 0 spiro atoms. The van der Waals surface area contributed by atoms with Gasteiger partial charge in [-0.2, -0.15) is 0 Å². The van der Waals surface area contributed by atoms with Crippen LogP contribution in [0.2, 0.25) is 5.15 Å². The van der Waals surface area contributed by atoms with E-state index in [1.807, 2.05) is 24.3 Å². The lowest BCUT2D eigenvalue weighted by molar-refractivity contribution is 0.232. The van der Waals surface area contributed by atoms with E-state index < -0.39 is 11.6 Å². The van der Waals surface area contributed by atoms with Crippen LogP contribution in [0.25, 0.3) is 22.6 Å². The highest BCUT2D eigenvalue weighted by molar-refractivity contribution is 6.29. The number of urea groups is 1. The van der Waals surface area contributed by atoms with Crippen LogP contribution in [0.15, 0.2) is 36.5 Å². The van der Waals surface area contributed by atoms with Crippen molar-refractivity contribution in [3.63, 3.8) is 0 Å². The van der Waals surface area contributed by atoms with Gasteiger partial charge < -0.3 is 11.1 Å².